The van der Waals surface area contributed by atoms with Crippen molar-refractivity contribution < 1.29 is 33.0 Å². The van der Waals surface area contributed by atoms with Gasteiger partial charge in [0.15, 0.2) is 6.61 Å². The normalized spacial score (nSPS) is 17.4. The highest BCUT2D eigenvalue weighted by Crippen LogP contribution is 2.48. The second-order valence-electron chi connectivity index (χ2n) is 8.80. The quantitative estimate of drug-likeness (QED) is 0.316. The van der Waals surface area contributed by atoms with Gasteiger partial charge in [-0.2, -0.15) is 0 Å². The number of halogens is 2. The number of primary amides is 1. The predicted molar refractivity (Wildman–Crippen MR) is 143 cm³/mol. The molecule has 0 radical (unpaired) electrons. The second-order valence-corrected chi connectivity index (χ2v) is 9.24. The Labute approximate surface area is 232 Å². The minimum Gasteiger partial charge on any atom is -0.484 e. The average molecular weight is 571 g/mol. The first-order chi connectivity index (χ1) is 19.1. The molecule has 0 saturated heterocycles. The summed E-state index contributed by atoms with van der Waals surface area (Å²) in [5.41, 5.74) is 4.81. The maximum atomic E-state index is 15.0. The number of pyridine rings is 1. The van der Waals surface area contributed by atoms with Gasteiger partial charge in [0.1, 0.15) is 11.6 Å². The molecule has 208 valence electrons. The summed E-state index contributed by atoms with van der Waals surface area (Å²) in [4.78, 5) is 61.6. The standard InChI is InChI=1S/C27H24ClFN4O7/c1-2-39-27(38)24-22(25(36)31-15-5-3-14(28)4-6-15)23(24)26(37)32-19-8-7-16(11-18(19)29)33-10-9-17(12-21(33)35)40-13-20(30)34/h3-12,22-24H,2,13H2,1H3,(H2,30,34)(H,31,36)(H,32,37). The molecular formula is C27H24ClFN4O7. The van der Waals surface area contributed by atoms with Crippen molar-refractivity contribution in [1.82, 2.24) is 4.57 Å². The van der Waals surface area contributed by atoms with E-state index in [1.54, 1.807) is 31.2 Å². The molecule has 3 amide bonds. The molecule has 4 N–H and O–H groups in total. The Hall–Kier alpha value is -4.71. The van der Waals surface area contributed by atoms with Gasteiger partial charge in [0.2, 0.25) is 11.8 Å². The van der Waals surface area contributed by atoms with Gasteiger partial charge in [-0.05, 0) is 49.4 Å². The lowest BCUT2D eigenvalue weighted by Crippen LogP contribution is -2.22. The number of ether oxygens (including phenoxy) is 2. The van der Waals surface area contributed by atoms with Crippen LogP contribution in [0.25, 0.3) is 5.69 Å². The van der Waals surface area contributed by atoms with Crippen LogP contribution in [-0.4, -0.2) is 41.5 Å². The summed E-state index contributed by atoms with van der Waals surface area (Å²) in [6, 6.07) is 12.5. The number of carbonyl (C=O) groups is 4. The monoisotopic (exact) mass is 570 g/mol. The van der Waals surface area contributed by atoms with Crippen LogP contribution in [0, 0.1) is 23.6 Å². The van der Waals surface area contributed by atoms with Crippen molar-refractivity contribution in [2.75, 3.05) is 23.8 Å². The molecule has 3 aromatic rings. The van der Waals surface area contributed by atoms with Gasteiger partial charge >= 0.3 is 5.97 Å². The fourth-order valence-corrected chi connectivity index (χ4v) is 4.27. The van der Waals surface area contributed by atoms with Gasteiger partial charge in [-0.15, -0.1) is 0 Å². The topological polar surface area (TPSA) is 159 Å². The van der Waals surface area contributed by atoms with E-state index >= 15 is 0 Å². The van der Waals surface area contributed by atoms with Crippen LogP contribution in [0.4, 0.5) is 15.8 Å². The van der Waals surface area contributed by atoms with Gasteiger partial charge in [-0.3, -0.25) is 28.5 Å². The fraction of sp³-hybridized carbons (Fsp3) is 0.222. The van der Waals surface area contributed by atoms with Crippen molar-refractivity contribution in [3.63, 3.8) is 0 Å². The van der Waals surface area contributed by atoms with Crippen LogP contribution in [-0.2, 0) is 23.9 Å². The lowest BCUT2D eigenvalue weighted by Gasteiger charge is -2.11. The summed E-state index contributed by atoms with van der Waals surface area (Å²) < 4.78 is 26.2. The van der Waals surface area contributed by atoms with E-state index in [1.165, 1.54) is 24.4 Å². The third-order valence-corrected chi connectivity index (χ3v) is 6.31. The van der Waals surface area contributed by atoms with Crippen LogP contribution < -0.4 is 26.7 Å². The lowest BCUT2D eigenvalue weighted by molar-refractivity contribution is -0.146. The fourth-order valence-electron chi connectivity index (χ4n) is 4.14. The molecule has 1 fully saturated rings. The van der Waals surface area contributed by atoms with E-state index in [-0.39, 0.29) is 23.7 Å². The van der Waals surface area contributed by atoms with Crippen LogP contribution >= 0.6 is 11.6 Å². The molecule has 3 atom stereocenters. The number of hydrogen-bond donors (Lipinski definition) is 3. The van der Waals surface area contributed by atoms with E-state index in [0.29, 0.717) is 10.7 Å². The third-order valence-electron chi connectivity index (χ3n) is 6.06. The number of aromatic nitrogens is 1. The van der Waals surface area contributed by atoms with E-state index in [1.807, 2.05) is 0 Å². The van der Waals surface area contributed by atoms with Gasteiger partial charge in [-0.1, -0.05) is 11.6 Å². The molecule has 13 heteroatoms. The van der Waals surface area contributed by atoms with Crippen molar-refractivity contribution in [1.29, 1.82) is 0 Å². The summed E-state index contributed by atoms with van der Waals surface area (Å²) in [5, 5.41) is 5.53. The first kappa shape index (κ1) is 28.3. The highest BCUT2D eigenvalue weighted by atomic mass is 35.5. The number of amides is 3. The number of nitrogens with one attached hydrogen (secondary N) is 2. The smallest absolute Gasteiger partial charge is 0.310 e. The van der Waals surface area contributed by atoms with Gasteiger partial charge < -0.3 is 25.8 Å². The number of benzene rings is 2. The number of nitrogens with zero attached hydrogens (tertiary/aromatic N) is 1. The molecule has 0 spiro atoms. The zero-order valence-electron chi connectivity index (χ0n) is 21.1. The second kappa shape index (κ2) is 12.0. The van der Waals surface area contributed by atoms with Gasteiger partial charge in [0, 0.05) is 29.0 Å². The molecule has 4 rings (SSSR count). The summed E-state index contributed by atoms with van der Waals surface area (Å²) in [6.07, 6.45) is 1.32. The first-order valence-electron chi connectivity index (χ1n) is 12.1. The predicted octanol–water partition coefficient (Wildman–Crippen LogP) is 2.50. The van der Waals surface area contributed by atoms with Gasteiger partial charge in [0.05, 0.1) is 35.7 Å². The summed E-state index contributed by atoms with van der Waals surface area (Å²) in [5.74, 6) is -6.63. The molecule has 1 aromatic heterocycles. The molecule has 2 aromatic carbocycles. The van der Waals surface area contributed by atoms with Crippen LogP contribution in [0.3, 0.4) is 0 Å². The summed E-state index contributed by atoms with van der Waals surface area (Å²) in [6.45, 7) is 1.25. The Morgan fingerprint density at radius 1 is 0.975 bits per heavy atom. The Kier molecular flexibility index (Phi) is 8.49. The van der Waals surface area contributed by atoms with Gasteiger partial charge in [0.25, 0.3) is 11.5 Å². The Balaban J connectivity index is 1.48. The maximum Gasteiger partial charge on any atom is 0.310 e. The minimum absolute atomic E-state index is 0.0584. The molecular weight excluding hydrogens is 547 g/mol. The number of rotatable bonds is 10. The molecule has 1 saturated carbocycles. The van der Waals surface area contributed by atoms with Gasteiger partial charge in [-0.25, -0.2) is 4.39 Å². The van der Waals surface area contributed by atoms with Crippen LogP contribution in [0.5, 0.6) is 5.75 Å². The maximum absolute atomic E-state index is 15.0. The van der Waals surface area contributed by atoms with Crippen LogP contribution in [0.2, 0.25) is 5.02 Å². The van der Waals surface area contributed by atoms with E-state index in [2.05, 4.69) is 10.6 Å². The van der Waals surface area contributed by atoms with Crippen molar-refractivity contribution in [3.8, 4) is 11.4 Å². The Morgan fingerprint density at radius 3 is 2.25 bits per heavy atom. The molecule has 3 unspecified atom stereocenters. The number of nitrogens with two attached hydrogens (primary N) is 1. The first-order valence-corrected chi connectivity index (χ1v) is 12.4. The zero-order chi connectivity index (χ0) is 29.0. The molecule has 0 bridgehead atoms. The van der Waals surface area contributed by atoms with Crippen LogP contribution in [0.15, 0.2) is 65.6 Å². The molecule has 40 heavy (non-hydrogen) atoms. The number of esters is 1. The van der Waals surface area contributed by atoms with E-state index in [9.17, 15) is 28.4 Å². The highest BCUT2D eigenvalue weighted by Gasteiger charge is 2.63. The van der Waals surface area contributed by atoms with Crippen molar-refractivity contribution >= 4 is 46.7 Å². The minimum atomic E-state index is -1.08. The SMILES string of the molecule is CCOC(=O)C1C(C(=O)Nc2ccc(Cl)cc2)C1C(=O)Nc1ccc(-n2ccc(OCC(N)=O)cc2=O)cc1F. The number of hydrogen-bond acceptors (Lipinski definition) is 7. The third kappa shape index (κ3) is 6.46. The van der Waals surface area contributed by atoms with E-state index < -0.39 is 59.4 Å². The average Bonchev–Trinajstić information content (AvgIpc) is 3.67. The Morgan fingerprint density at radius 2 is 1.65 bits per heavy atom. The van der Waals surface area contributed by atoms with Crippen molar-refractivity contribution in [2.45, 2.75) is 6.92 Å². The Bertz CT molecular complexity index is 1530. The number of carbonyl (C=O) groups excluding carboxylic acids is 4. The van der Waals surface area contributed by atoms with Crippen LogP contribution in [0.1, 0.15) is 6.92 Å². The molecule has 1 heterocycles. The van der Waals surface area contributed by atoms with E-state index in [4.69, 9.17) is 26.8 Å². The molecule has 11 nitrogen and oxygen atoms in total. The molecule has 0 aliphatic heterocycles. The van der Waals surface area contributed by atoms with Crippen molar-refractivity contribution in [3.05, 3.63) is 82.0 Å². The lowest BCUT2D eigenvalue weighted by atomic mass is 10.2. The number of anilines is 2. The molecule has 1 aliphatic rings. The largest absolute Gasteiger partial charge is 0.484 e. The highest BCUT2D eigenvalue weighted by molar-refractivity contribution is 6.30. The summed E-state index contributed by atoms with van der Waals surface area (Å²) in [7, 11) is 0. The zero-order valence-corrected chi connectivity index (χ0v) is 21.8. The summed E-state index contributed by atoms with van der Waals surface area (Å²) >= 11 is 5.86. The van der Waals surface area contributed by atoms with Crippen molar-refractivity contribution in [2.24, 2.45) is 23.5 Å². The molecule has 1 aliphatic carbocycles. The van der Waals surface area contributed by atoms with E-state index in [0.717, 1.165) is 16.7 Å².